The second-order valence-electron chi connectivity index (χ2n) is 12.9. The van der Waals surface area contributed by atoms with Crippen LogP contribution >= 0.6 is 31.9 Å². The summed E-state index contributed by atoms with van der Waals surface area (Å²) in [6.07, 6.45) is 4.48. The largest absolute Gasteiger partial charge is 0.436 e. The molecule has 0 saturated carbocycles. The van der Waals surface area contributed by atoms with Gasteiger partial charge in [-0.1, -0.05) is 36.4 Å². The minimum Gasteiger partial charge on any atom is -0.436 e. The highest BCUT2D eigenvalue weighted by Crippen LogP contribution is 2.33. The summed E-state index contributed by atoms with van der Waals surface area (Å²) in [5.74, 6) is 1.78. The molecule has 4 heterocycles. The first-order chi connectivity index (χ1) is 22.2. The van der Waals surface area contributed by atoms with Crippen molar-refractivity contribution in [3.05, 3.63) is 73.5 Å². The number of carbonyl (C=O) groups excluding carboxylic acids is 2. The average molecular weight is 759 g/mol. The Hall–Kier alpha value is -2.96. The van der Waals surface area contributed by atoms with Gasteiger partial charge in [-0.3, -0.25) is 9.78 Å². The highest BCUT2D eigenvalue weighted by atomic mass is 79.9. The fraction of sp³-hybridized carbons (Fsp3) is 0.529. The molecule has 3 aliphatic heterocycles. The minimum atomic E-state index is -0.916. The third-order valence-corrected chi connectivity index (χ3v) is 11.8. The SMILES string of the molecule is CN1CCC(C2CCN(C(=O)[C@@H](Cc3ccc(Br)c(Br)c3)OC(=O)N3CCC(n4nc(-c5ccccc5)[nH]c4=O)CC3)CC2)CC1. The van der Waals surface area contributed by atoms with Crippen LogP contribution in [0.25, 0.3) is 11.4 Å². The molecular formula is C34H42Br2N6O4. The molecule has 2 amide bonds. The summed E-state index contributed by atoms with van der Waals surface area (Å²) in [5.41, 5.74) is 1.50. The van der Waals surface area contributed by atoms with Gasteiger partial charge in [0.15, 0.2) is 11.9 Å². The summed E-state index contributed by atoms with van der Waals surface area (Å²) in [6, 6.07) is 15.3. The summed E-state index contributed by atoms with van der Waals surface area (Å²) in [6.45, 7) is 4.52. The molecule has 1 atom stereocenters. The van der Waals surface area contributed by atoms with Crippen molar-refractivity contribution in [1.82, 2.24) is 29.5 Å². The van der Waals surface area contributed by atoms with Gasteiger partial charge in [0.2, 0.25) is 0 Å². The normalized spacial score (nSPS) is 19.7. The summed E-state index contributed by atoms with van der Waals surface area (Å²) in [7, 11) is 2.19. The van der Waals surface area contributed by atoms with Crippen molar-refractivity contribution < 1.29 is 14.3 Å². The maximum atomic E-state index is 13.9. The predicted molar refractivity (Wildman–Crippen MR) is 183 cm³/mol. The van der Waals surface area contributed by atoms with E-state index in [9.17, 15) is 14.4 Å². The number of amides is 2. The smallest absolute Gasteiger partial charge is 0.410 e. The van der Waals surface area contributed by atoms with Gasteiger partial charge in [0.1, 0.15) is 0 Å². The first-order valence-corrected chi connectivity index (χ1v) is 17.9. The number of aromatic amines is 1. The molecule has 0 unspecified atom stereocenters. The van der Waals surface area contributed by atoms with E-state index in [-0.39, 0.29) is 17.6 Å². The molecule has 10 nitrogen and oxygen atoms in total. The maximum Gasteiger partial charge on any atom is 0.410 e. The van der Waals surface area contributed by atoms with Crippen LogP contribution in [0.5, 0.6) is 0 Å². The van der Waals surface area contributed by atoms with Gasteiger partial charge in [0.25, 0.3) is 5.91 Å². The Bertz CT molecular complexity index is 1560. The first-order valence-electron chi connectivity index (χ1n) is 16.4. The molecular weight excluding hydrogens is 716 g/mol. The molecule has 246 valence electrons. The van der Waals surface area contributed by atoms with Crippen molar-refractivity contribution in [2.45, 2.75) is 57.1 Å². The Morgan fingerprint density at radius 1 is 0.870 bits per heavy atom. The van der Waals surface area contributed by atoms with E-state index in [1.54, 1.807) is 4.90 Å². The van der Waals surface area contributed by atoms with E-state index < -0.39 is 12.2 Å². The molecule has 46 heavy (non-hydrogen) atoms. The number of halogens is 2. The number of likely N-dealkylation sites (tertiary alicyclic amines) is 3. The Labute approximate surface area is 286 Å². The number of hydrogen-bond acceptors (Lipinski definition) is 6. The van der Waals surface area contributed by atoms with Crippen LogP contribution in [0.4, 0.5) is 4.79 Å². The fourth-order valence-electron chi connectivity index (χ4n) is 7.15. The standard InChI is InChI=1S/C34H42Br2N6O4/c1-39-15-9-24(10-16-39)25-11-17-40(18-12-25)32(43)30(22-23-7-8-28(35)29(36)21-23)46-34(45)41-19-13-27(14-20-41)42-33(44)37-31(38-42)26-5-3-2-4-6-26/h2-8,21,24-25,27,30H,9-20,22H2,1H3,(H,37,38,44)/t30-/m1/s1. The number of hydrogen-bond donors (Lipinski definition) is 1. The molecule has 1 aromatic heterocycles. The summed E-state index contributed by atoms with van der Waals surface area (Å²) in [5, 5.41) is 4.55. The Morgan fingerprint density at radius 3 is 2.15 bits per heavy atom. The topological polar surface area (TPSA) is 104 Å². The van der Waals surface area contributed by atoms with Gasteiger partial charge in [0, 0.05) is 47.1 Å². The molecule has 0 radical (unpaired) electrons. The van der Waals surface area contributed by atoms with E-state index in [4.69, 9.17) is 4.74 Å². The van der Waals surface area contributed by atoms with Crippen LogP contribution < -0.4 is 5.69 Å². The number of rotatable bonds is 7. The van der Waals surface area contributed by atoms with Gasteiger partial charge in [-0.2, -0.15) is 0 Å². The predicted octanol–water partition coefficient (Wildman–Crippen LogP) is 5.73. The quantitative estimate of drug-likeness (QED) is 0.331. The van der Waals surface area contributed by atoms with Crippen LogP contribution in [-0.2, 0) is 16.0 Å². The van der Waals surface area contributed by atoms with Crippen molar-refractivity contribution in [2.24, 2.45) is 11.8 Å². The number of aromatic nitrogens is 3. The lowest BCUT2D eigenvalue weighted by atomic mass is 9.79. The first kappa shape index (κ1) is 33.0. The average Bonchev–Trinajstić information content (AvgIpc) is 3.48. The molecule has 0 bridgehead atoms. The van der Waals surface area contributed by atoms with Gasteiger partial charge < -0.3 is 19.4 Å². The zero-order valence-electron chi connectivity index (χ0n) is 26.2. The Balaban J connectivity index is 1.09. The van der Waals surface area contributed by atoms with Gasteiger partial charge in [-0.15, -0.1) is 5.10 Å². The van der Waals surface area contributed by atoms with Crippen LogP contribution in [-0.4, -0.2) is 93.9 Å². The monoisotopic (exact) mass is 756 g/mol. The molecule has 6 rings (SSSR count). The van der Waals surface area contributed by atoms with Gasteiger partial charge >= 0.3 is 11.8 Å². The number of benzene rings is 2. The van der Waals surface area contributed by atoms with Crippen LogP contribution in [0, 0.1) is 11.8 Å². The van der Waals surface area contributed by atoms with Crippen molar-refractivity contribution in [3.63, 3.8) is 0 Å². The maximum absolute atomic E-state index is 13.9. The lowest BCUT2D eigenvalue weighted by Gasteiger charge is -2.40. The molecule has 0 aliphatic carbocycles. The van der Waals surface area contributed by atoms with Crippen molar-refractivity contribution in [3.8, 4) is 11.4 Å². The van der Waals surface area contributed by atoms with Gasteiger partial charge in [-0.25, -0.2) is 14.3 Å². The zero-order chi connectivity index (χ0) is 32.2. The fourth-order valence-corrected chi connectivity index (χ4v) is 7.83. The van der Waals surface area contributed by atoms with E-state index >= 15 is 0 Å². The molecule has 3 saturated heterocycles. The number of nitrogens with zero attached hydrogens (tertiary/aromatic N) is 5. The van der Waals surface area contributed by atoms with Crippen molar-refractivity contribution >= 4 is 43.9 Å². The molecule has 0 spiro atoms. The summed E-state index contributed by atoms with van der Waals surface area (Å²) < 4.78 is 9.33. The van der Waals surface area contributed by atoms with E-state index in [0.717, 1.165) is 51.9 Å². The lowest BCUT2D eigenvalue weighted by molar-refractivity contribution is -0.142. The number of ether oxygens (including phenoxy) is 1. The van der Waals surface area contributed by atoms with E-state index in [1.807, 2.05) is 53.4 Å². The minimum absolute atomic E-state index is 0.124. The summed E-state index contributed by atoms with van der Waals surface area (Å²) in [4.78, 5) is 49.0. The second-order valence-corrected chi connectivity index (χ2v) is 14.6. The number of piperidine rings is 3. The number of carbonyl (C=O) groups is 2. The second kappa shape index (κ2) is 14.9. The molecule has 3 aliphatic rings. The highest BCUT2D eigenvalue weighted by Gasteiger charge is 2.36. The van der Waals surface area contributed by atoms with Crippen molar-refractivity contribution in [1.29, 1.82) is 0 Å². The third kappa shape index (κ3) is 7.77. The molecule has 12 heteroatoms. The van der Waals surface area contributed by atoms with Crippen LogP contribution in [0.2, 0.25) is 0 Å². The molecule has 3 fully saturated rings. The number of nitrogens with one attached hydrogen (secondary N) is 1. The molecule has 2 aromatic carbocycles. The van der Waals surface area contributed by atoms with E-state index in [1.165, 1.54) is 17.5 Å². The van der Waals surface area contributed by atoms with Crippen LogP contribution in [0.3, 0.4) is 0 Å². The lowest BCUT2D eigenvalue weighted by Crippen LogP contribution is -2.49. The number of H-pyrrole nitrogens is 1. The highest BCUT2D eigenvalue weighted by molar-refractivity contribution is 9.13. The van der Waals surface area contributed by atoms with Crippen molar-refractivity contribution in [2.75, 3.05) is 46.3 Å². The van der Waals surface area contributed by atoms with Gasteiger partial charge in [0.05, 0.1) is 6.04 Å². The Morgan fingerprint density at radius 2 is 1.50 bits per heavy atom. The van der Waals surface area contributed by atoms with Gasteiger partial charge in [-0.05, 0) is 120 Å². The van der Waals surface area contributed by atoms with Crippen LogP contribution in [0.1, 0.15) is 50.1 Å². The van der Waals surface area contributed by atoms with E-state index in [2.05, 4.69) is 53.9 Å². The Kier molecular flexibility index (Phi) is 10.6. The molecule has 3 aromatic rings. The molecule has 1 N–H and O–H groups in total. The van der Waals surface area contributed by atoms with Crippen LogP contribution in [0.15, 0.2) is 62.3 Å². The summed E-state index contributed by atoms with van der Waals surface area (Å²) >= 11 is 7.08. The zero-order valence-corrected chi connectivity index (χ0v) is 29.4. The van der Waals surface area contributed by atoms with E-state index in [0.29, 0.717) is 57.2 Å². The third-order valence-electron chi connectivity index (χ3n) is 9.96.